The average molecular weight is 234 g/mol. The Balaban J connectivity index is 3.36. The fourth-order valence-corrected chi connectivity index (χ4v) is 1.09. The maximum Gasteiger partial charge on any atom is 0.488 e. The normalized spacial score (nSPS) is 11.3. The van der Waals surface area contributed by atoms with Crippen LogP contribution in [0.1, 0.15) is 15.9 Å². The van der Waals surface area contributed by atoms with Crippen LogP contribution in [0.2, 0.25) is 0 Å². The lowest BCUT2D eigenvalue weighted by Crippen LogP contribution is -2.31. The Morgan fingerprint density at radius 1 is 1.19 bits per heavy atom. The highest BCUT2D eigenvalue weighted by Gasteiger charge is 2.32. The molecule has 0 fully saturated rings. The third kappa shape index (κ3) is 2.74. The number of rotatable bonds is 2. The van der Waals surface area contributed by atoms with Crippen LogP contribution in [-0.2, 0) is 6.18 Å². The van der Waals surface area contributed by atoms with Crippen molar-refractivity contribution in [2.75, 3.05) is 0 Å². The van der Waals surface area contributed by atoms with Crippen LogP contribution in [0.25, 0.3) is 0 Å². The van der Waals surface area contributed by atoms with Gasteiger partial charge in [0.05, 0.1) is 11.1 Å². The van der Waals surface area contributed by atoms with Crippen LogP contribution in [0.5, 0.6) is 0 Å². The molecule has 0 atom stereocenters. The number of alkyl halides is 3. The van der Waals surface area contributed by atoms with Gasteiger partial charge in [-0.2, -0.15) is 13.2 Å². The van der Waals surface area contributed by atoms with Gasteiger partial charge in [-0.25, -0.2) is 4.79 Å². The fourth-order valence-electron chi connectivity index (χ4n) is 1.09. The summed E-state index contributed by atoms with van der Waals surface area (Å²) >= 11 is 0. The van der Waals surface area contributed by atoms with Crippen molar-refractivity contribution in [2.24, 2.45) is 0 Å². The van der Waals surface area contributed by atoms with E-state index in [0.717, 1.165) is 6.07 Å². The van der Waals surface area contributed by atoms with Gasteiger partial charge in [-0.15, -0.1) is 0 Å². The van der Waals surface area contributed by atoms with Crippen LogP contribution in [0.15, 0.2) is 18.2 Å². The van der Waals surface area contributed by atoms with Gasteiger partial charge in [-0.1, -0.05) is 6.07 Å². The Bertz CT molecular complexity index is 416. The fraction of sp³-hybridized carbons (Fsp3) is 0.125. The molecule has 0 aliphatic carbocycles. The molecule has 0 aromatic heterocycles. The monoisotopic (exact) mass is 234 g/mol. The number of carboxylic acids is 1. The van der Waals surface area contributed by atoms with Crippen molar-refractivity contribution < 1.29 is 33.1 Å². The van der Waals surface area contributed by atoms with Gasteiger partial charge in [0, 0.05) is 0 Å². The van der Waals surface area contributed by atoms with Gasteiger partial charge in [-0.05, 0) is 17.6 Å². The van der Waals surface area contributed by atoms with Crippen LogP contribution in [0.4, 0.5) is 13.2 Å². The second-order valence-corrected chi connectivity index (χ2v) is 3.02. The van der Waals surface area contributed by atoms with E-state index in [0.29, 0.717) is 12.1 Å². The zero-order valence-corrected chi connectivity index (χ0v) is 7.69. The van der Waals surface area contributed by atoms with E-state index in [9.17, 15) is 18.0 Å². The molecule has 0 heterocycles. The molecular formula is C8H6BF3O4. The number of carboxylic acid groups (broad SMARTS) is 1. The Morgan fingerprint density at radius 2 is 1.75 bits per heavy atom. The largest absolute Gasteiger partial charge is 0.488 e. The number of hydrogen-bond donors (Lipinski definition) is 3. The minimum atomic E-state index is -4.74. The summed E-state index contributed by atoms with van der Waals surface area (Å²) in [5.74, 6) is -1.58. The highest BCUT2D eigenvalue weighted by atomic mass is 19.4. The van der Waals surface area contributed by atoms with Crippen LogP contribution >= 0.6 is 0 Å². The first-order valence-electron chi connectivity index (χ1n) is 4.03. The molecule has 0 radical (unpaired) electrons. The Labute approximate surface area is 88.1 Å². The summed E-state index contributed by atoms with van der Waals surface area (Å²) in [4.78, 5) is 10.5. The van der Waals surface area contributed by atoms with E-state index in [2.05, 4.69) is 0 Å². The predicted octanol–water partition coefficient (Wildman–Crippen LogP) is 0.0834. The zero-order chi connectivity index (χ0) is 12.5. The smallest absolute Gasteiger partial charge is 0.478 e. The Morgan fingerprint density at radius 3 is 2.12 bits per heavy atom. The third-order valence-corrected chi connectivity index (χ3v) is 1.83. The molecule has 0 spiro atoms. The minimum absolute atomic E-state index is 0.425. The van der Waals surface area contributed by atoms with E-state index in [1.54, 1.807) is 0 Å². The van der Waals surface area contributed by atoms with Gasteiger partial charge >= 0.3 is 19.3 Å². The first-order valence-corrected chi connectivity index (χ1v) is 4.03. The van der Waals surface area contributed by atoms with Crippen LogP contribution < -0.4 is 5.46 Å². The third-order valence-electron chi connectivity index (χ3n) is 1.83. The summed E-state index contributed by atoms with van der Waals surface area (Å²) in [5.41, 5.74) is -2.42. The number of benzene rings is 1. The first kappa shape index (κ1) is 12.5. The summed E-state index contributed by atoms with van der Waals surface area (Å²) in [6.07, 6.45) is -4.74. The van der Waals surface area contributed by atoms with E-state index < -0.39 is 35.9 Å². The Kier molecular flexibility index (Phi) is 3.25. The highest BCUT2D eigenvalue weighted by molar-refractivity contribution is 6.58. The molecule has 0 amide bonds. The second-order valence-electron chi connectivity index (χ2n) is 3.02. The van der Waals surface area contributed by atoms with Gasteiger partial charge in [0.2, 0.25) is 0 Å². The molecule has 3 N–H and O–H groups in total. The van der Waals surface area contributed by atoms with Crippen molar-refractivity contribution in [2.45, 2.75) is 6.18 Å². The summed E-state index contributed by atoms with van der Waals surface area (Å²) < 4.78 is 37.0. The molecule has 0 aliphatic heterocycles. The van der Waals surface area contributed by atoms with Crippen molar-refractivity contribution >= 4 is 18.6 Å². The first-order chi connectivity index (χ1) is 7.21. The number of carbonyl (C=O) groups is 1. The maximum absolute atomic E-state index is 12.3. The molecule has 0 saturated heterocycles. The minimum Gasteiger partial charge on any atom is -0.478 e. The maximum atomic E-state index is 12.3. The number of aromatic carboxylic acids is 1. The van der Waals surface area contributed by atoms with Crippen LogP contribution in [0, 0.1) is 0 Å². The SMILES string of the molecule is O=C(O)c1cc(B(O)O)cc(C(F)(F)F)c1. The van der Waals surface area contributed by atoms with Crippen molar-refractivity contribution in [3.8, 4) is 0 Å². The highest BCUT2D eigenvalue weighted by Crippen LogP contribution is 2.29. The lowest BCUT2D eigenvalue weighted by atomic mass is 9.78. The topological polar surface area (TPSA) is 77.8 Å². The van der Waals surface area contributed by atoms with Gasteiger partial charge in [0.15, 0.2) is 0 Å². The van der Waals surface area contributed by atoms with Gasteiger partial charge < -0.3 is 15.2 Å². The second kappa shape index (κ2) is 4.15. The standard InChI is InChI=1S/C8H6BF3O4/c10-8(11,12)5-1-4(7(13)14)2-6(3-5)9(15)16/h1-3,15-16H,(H,13,14). The number of halogens is 3. The molecule has 1 rings (SSSR count). The molecule has 16 heavy (non-hydrogen) atoms. The zero-order valence-electron chi connectivity index (χ0n) is 7.69. The molecule has 0 aliphatic rings. The van der Waals surface area contributed by atoms with Crippen molar-refractivity contribution in [3.05, 3.63) is 29.3 Å². The van der Waals surface area contributed by atoms with Crippen molar-refractivity contribution in [1.82, 2.24) is 0 Å². The number of hydrogen-bond acceptors (Lipinski definition) is 3. The molecule has 0 unspecified atom stereocenters. The summed E-state index contributed by atoms with van der Waals surface area (Å²) in [5, 5.41) is 26.0. The van der Waals surface area contributed by atoms with E-state index in [4.69, 9.17) is 15.2 Å². The summed E-state index contributed by atoms with van der Waals surface area (Å²) in [6.45, 7) is 0. The average Bonchev–Trinajstić information content (AvgIpc) is 2.15. The van der Waals surface area contributed by atoms with Gasteiger partial charge in [0.1, 0.15) is 0 Å². The molecule has 4 nitrogen and oxygen atoms in total. The van der Waals surface area contributed by atoms with Crippen LogP contribution in [0.3, 0.4) is 0 Å². The molecule has 1 aromatic carbocycles. The summed E-state index contributed by atoms with van der Waals surface area (Å²) in [7, 11) is -2.15. The molecule has 0 saturated carbocycles. The van der Waals surface area contributed by atoms with Gasteiger partial charge in [-0.3, -0.25) is 0 Å². The Hall–Kier alpha value is -1.54. The lowest BCUT2D eigenvalue weighted by Gasteiger charge is -2.10. The molecule has 86 valence electrons. The van der Waals surface area contributed by atoms with E-state index in [1.807, 2.05) is 0 Å². The molecule has 1 aromatic rings. The van der Waals surface area contributed by atoms with Crippen molar-refractivity contribution in [1.29, 1.82) is 0 Å². The van der Waals surface area contributed by atoms with Crippen molar-refractivity contribution in [3.63, 3.8) is 0 Å². The lowest BCUT2D eigenvalue weighted by molar-refractivity contribution is -0.137. The predicted molar refractivity (Wildman–Crippen MR) is 48.2 cm³/mol. The summed E-state index contributed by atoms with van der Waals surface area (Å²) in [6, 6.07) is 1.67. The van der Waals surface area contributed by atoms with E-state index >= 15 is 0 Å². The van der Waals surface area contributed by atoms with Gasteiger partial charge in [0.25, 0.3) is 0 Å². The van der Waals surface area contributed by atoms with E-state index in [-0.39, 0.29) is 0 Å². The van der Waals surface area contributed by atoms with Crippen LogP contribution in [-0.4, -0.2) is 28.2 Å². The van der Waals surface area contributed by atoms with E-state index in [1.165, 1.54) is 0 Å². The quantitative estimate of drug-likeness (QED) is 0.633. The molecular weight excluding hydrogens is 228 g/mol. The molecule has 0 bridgehead atoms. The molecule has 8 heteroatoms.